The van der Waals surface area contributed by atoms with E-state index in [0.29, 0.717) is 6.61 Å². The zero-order valence-electron chi connectivity index (χ0n) is 10.5. The summed E-state index contributed by atoms with van der Waals surface area (Å²) >= 11 is 0. The van der Waals surface area contributed by atoms with Crippen molar-refractivity contribution in [3.05, 3.63) is 29.3 Å². The summed E-state index contributed by atoms with van der Waals surface area (Å²) in [4.78, 5) is 11.6. The summed E-state index contributed by atoms with van der Waals surface area (Å²) in [6, 6.07) is 4.54. The molecule has 2 rings (SSSR count). The lowest BCUT2D eigenvalue weighted by atomic mass is 10.1. The van der Waals surface area contributed by atoms with Crippen molar-refractivity contribution in [3.63, 3.8) is 0 Å². The largest absolute Gasteiger partial charge is 0.417 e. The van der Waals surface area contributed by atoms with Crippen LogP contribution in [0, 0.1) is 11.3 Å². The van der Waals surface area contributed by atoms with Crippen molar-refractivity contribution < 1.29 is 22.7 Å². The van der Waals surface area contributed by atoms with Gasteiger partial charge in [-0.3, -0.25) is 4.79 Å². The van der Waals surface area contributed by atoms with Crippen molar-refractivity contribution in [2.45, 2.75) is 25.1 Å². The molecule has 1 fully saturated rings. The quantitative estimate of drug-likeness (QED) is 0.868. The molecule has 1 amide bonds. The van der Waals surface area contributed by atoms with Crippen LogP contribution >= 0.6 is 0 Å². The van der Waals surface area contributed by atoms with Crippen molar-refractivity contribution in [2.24, 2.45) is 0 Å². The number of epoxide rings is 1. The van der Waals surface area contributed by atoms with Crippen LogP contribution in [0.4, 0.5) is 18.9 Å². The molecule has 1 aromatic rings. The predicted octanol–water partition coefficient (Wildman–Crippen LogP) is 2.69. The number of benzene rings is 1. The van der Waals surface area contributed by atoms with E-state index >= 15 is 0 Å². The second-order valence-electron chi connectivity index (χ2n) is 4.83. The molecule has 0 unspecified atom stereocenters. The Morgan fingerprint density at radius 1 is 1.55 bits per heavy atom. The van der Waals surface area contributed by atoms with Gasteiger partial charge in [0.25, 0.3) is 0 Å². The average molecular weight is 284 g/mol. The first kappa shape index (κ1) is 14.3. The number of carbonyl (C=O) groups excluding carboxylic acids is 1. The second-order valence-corrected chi connectivity index (χ2v) is 4.83. The first-order valence-electron chi connectivity index (χ1n) is 5.79. The topological polar surface area (TPSA) is 65.4 Å². The van der Waals surface area contributed by atoms with Gasteiger partial charge in [0, 0.05) is 5.69 Å². The van der Waals surface area contributed by atoms with Crippen molar-refractivity contribution in [2.75, 3.05) is 11.9 Å². The first-order valence-corrected chi connectivity index (χ1v) is 5.79. The number of nitrogens with one attached hydrogen (secondary N) is 1. The molecule has 1 heterocycles. The number of hydrogen-bond donors (Lipinski definition) is 1. The van der Waals surface area contributed by atoms with Crippen LogP contribution in [-0.2, 0) is 15.7 Å². The highest BCUT2D eigenvalue weighted by Crippen LogP contribution is 2.34. The molecular weight excluding hydrogens is 273 g/mol. The van der Waals surface area contributed by atoms with Crippen LogP contribution in [0.3, 0.4) is 0 Å². The minimum absolute atomic E-state index is 0.00516. The van der Waals surface area contributed by atoms with Gasteiger partial charge in [-0.25, -0.2) is 0 Å². The molecule has 0 bridgehead atoms. The molecule has 20 heavy (non-hydrogen) atoms. The third-order valence-electron chi connectivity index (χ3n) is 2.90. The highest BCUT2D eigenvalue weighted by atomic mass is 19.4. The van der Waals surface area contributed by atoms with Gasteiger partial charge >= 0.3 is 6.18 Å². The van der Waals surface area contributed by atoms with Gasteiger partial charge < -0.3 is 10.1 Å². The van der Waals surface area contributed by atoms with Gasteiger partial charge in [0.05, 0.1) is 35.8 Å². The molecule has 0 radical (unpaired) electrons. The molecule has 1 aliphatic rings. The molecule has 106 valence electrons. The molecule has 1 N–H and O–H groups in total. The Labute approximate surface area is 113 Å². The van der Waals surface area contributed by atoms with E-state index in [0.717, 1.165) is 12.1 Å². The number of halogens is 3. The lowest BCUT2D eigenvalue weighted by molar-refractivity contribution is -0.137. The number of amides is 1. The van der Waals surface area contributed by atoms with E-state index in [-0.39, 0.29) is 12.1 Å². The summed E-state index contributed by atoms with van der Waals surface area (Å²) in [5, 5.41) is 11.0. The normalized spacial score (nSPS) is 21.1. The Morgan fingerprint density at radius 2 is 2.20 bits per heavy atom. The Kier molecular flexibility index (Phi) is 3.44. The maximum Gasteiger partial charge on any atom is 0.417 e. The fourth-order valence-corrected chi connectivity index (χ4v) is 1.72. The van der Waals surface area contributed by atoms with Gasteiger partial charge in [-0.2, -0.15) is 18.4 Å². The van der Waals surface area contributed by atoms with Crippen LogP contribution in [0.2, 0.25) is 0 Å². The Bertz CT molecular complexity index is 586. The number of hydrogen-bond acceptors (Lipinski definition) is 3. The van der Waals surface area contributed by atoms with Crippen molar-refractivity contribution in [1.82, 2.24) is 0 Å². The van der Waals surface area contributed by atoms with Crippen LogP contribution in [0.25, 0.3) is 0 Å². The van der Waals surface area contributed by atoms with Crippen molar-refractivity contribution in [1.29, 1.82) is 5.26 Å². The summed E-state index contributed by atoms with van der Waals surface area (Å²) in [5.41, 5.74) is -2.05. The van der Waals surface area contributed by atoms with E-state index in [1.165, 1.54) is 12.1 Å². The lowest BCUT2D eigenvalue weighted by Gasteiger charge is -2.12. The van der Waals surface area contributed by atoms with E-state index in [4.69, 9.17) is 10.00 Å². The highest BCUT2D eigenvalue weighted by molar-refractivity contribution is 5.91. The minimum Gasteiger partial charge on any atom is -0.369 e. The van der Waals surface area contributed by atoms with Gasteiger partial charge in [-0.15, -0.1) is 0 Å². The fourth-order valence-electron chi connectivity index (χ4n) is 1.72. The van der Waals surface area contributed by atoms with Gasteiger partial charge in [-0.1, -0.05) is 0 Å². The third-order valence-corrected chi connectivity index (χ3v) is 2.90. The number of anilines is 1. The lowest BCUT2D eigenvalue weighted by Crippen LogP contribution is -2.20. The van der Waals surface area contributed by atoms with E-state index in [2.05, 4.69) is 5.32 Å². The van der Waals surface area contributed by atoms with E-state index in [9.17, 15) is 18.0 Å². The Morgan fingerprint density at radius 3 is 2.70 bits per heavy atom. The number of ether oxygens (including phenoxy) is 1. The molecule has 1 saturated heterocycles. The van der Waals surface area contributed by atoms with Gasteiger partial charge in [0.15, 0.2) is 0 Å². The Balaban J connectivity index is 2.17. The number of rotatable bonds is 3. The molecular formula is C13H11F3N2O2. The van der Waals surface area contributed by atoms with E-state index < -0.39 is 28.8 Å². The summed E-state index contributed by atoms with van der Waals surface area (Å²) in [7, 11) is 0. The third kappa shape index (κ3) is 3.27. The SMILES string of the molecule is C[C@]1(CC(=O)Nc2ccc(C#N)c(C(F)(F)F)c2)CO1. The number of alkyl halides is 3. The average Bonchev–Trinajstić information content (AvgIpc) is 3.05. The highest BCUT2D eigenvalue weighted by Gasteiger charge is 2.41. The van der Waals surface area contributed by atoms with E-state index in [1.54, 1.807) is 6.92 Å². The molecule has 0 spiro atoms. The van der Waals surface area contributed by atoms with Crippen LogP contribution in [-0.4, -0.2) is 18.1 Å². The molecule has 0 saturated carbocycles. The Hall–Kier alpha value is -2.07. The first-order chi connectivity index (χ1) is 9.23. The van der Waals surface area contributed by atoms with Gasteiger partial charge in [-0.05, 0) is 25.1 Å². The van der Waals surface area contributed by atoms with Crippen LogP contribution in [0.1, 0.15) is 24.5 Å². The zero-order valence-corrected chi connectivity index (χ0v) is 10.5. The standard InChI is InChI=1S/C13H11F3N2O2/c1-12(7-20-12)5-11(19)18-9-3-2-8(6-17)10(4-9)13(14,15)16/h2-4H,5,7H2,1H3,(H,18,19)/t12-/m0/s1. The summed E-state index contributed by atoms with van der Waals surface area (Å²) in [6.45, 7) is 2.20. The maximum absolute atomic E-state index is 12.8. The number of nitriles is 1. The predicted molar refractivity (Wildman–Crippen MR) is 63.8 cm³/mol. The molecule has 1 atom stereocenters. The molecule has 1 aliphatic heterocycles. The molecule has 4 nitrogen and oxygen atoms in total. The van der Waals surface area contributed by atoms with Crippen LogP contribution in [0.5, 0.6) is 0 Å². The molecule has 0 aromatic heterocycles. The summed E-state index contributed by atoms with van der Waals surface area (Å²) in [6.07, 6.45) is -4.56. The number of carbonyl (C=O) groups is 1. The summed E-state index contributed by atoms with van der Waals surface area (Å²) in [5.74, 6) is -0.428. The van der Waals surface area contributed by atoms with Crippen molar-refractivity contribution in [3.8, 4) is 6.07 Å². The summed E-state index contributed by atoms with van der Waals surface area (Å²) < 4.78 is 43.3. The fraction of sp³-hybridized carbons (Fsp3) is 0.385. The molecule has 0 aliphatic carbocycles. The minimum atomic E-state index is -4.64. The van der Waals surface area contributed by atoms with E-state index in [1.807, 2.05) is 0 Å². The van der Waals surface area contributed by atoms with Gasteiger partial charge in [0.1, 0.15) is 0 Å². The smallest absolute Gasteiger partial charge is 0.369 e. The van der Waals surface area contributed by atoms with Crippen LogP contribution < -0.4 is 5.32 Å². The van der Waals surface area contributed by atoms with Crippen LogP contribution in [0.15, 0.2) is 18.2 Å². The van der Waals surface area contributed by atoms with Gasteiger partial charge in [0.2, 0.25) is 5.91 Å². The van der Waals surface area contributed by atoms with Crippen molar-refractivity contribution >= 4 is 11.6 Å². The maximum atomic E-state index is 12.8. The zero-order chi connectivity index (χ0) is 15.0. The monoisotopic (exact) mass is 284 g/mol. The molecule has 7 heteroatoms. The molecule has 1 aromatic carbocycles. The second kappa shape index (κ2) is 4.80. The number of nitrogens with zero attached hydrogens (tertiary/aromatic N) is 1.